The van der Waals surface area contributed by atoms with Crippen molar-refractivity contribution in [2.75, 3.05) is 23.7 Å². The molecule has 1 aliphatic heterocycles. The molecule has 5 nitrogen and oxygen atoms in total. The standard InChI is InChI=1S/C16H21N3O2.ClH/c20-15(9-11-7-8-17-10-11)18-13-3-5-14(6-4-13)19-16(21)12-1-2-12;/h3-6,11-12,17H,1-2,7-10H2,(H,18,20)(H,19,21);1H. The van der Waals surface area contributed by atoms with E-state index in [4.69, 9.17) is 0 Å². The number of benzene rings is 1. The van der Waals surface area contributed by atoms with Crippen LogP contribution < -0.4 is 16.0 Å². The number of hydrogen-bond acceptors (Lipinski definition) is 3. The van der Waals surface area contributed by atoms with E-state index >= 15 is 0 Å². The summed E-state index contributed by atoms with van der Waals surface area (Å²) in [7, 11) is 0. The third-order valence-corrected chi connectivity index (χ3v) is 4.02. The molecule has 1 saturated carbocycles. The van der Waals surface area contributed by atoms with Gasteiger partial charge in [-0.25, -0.2) is 0 Å². The van der Waals surface area contributed by atoms with Gasteiger partial charge in [0.15, 0.2) is 0 Å². The van der Waals surface area contributed by atoms with Gasteiger partial charge in [0.1, 0.15) is 0 Å². The summed E-state index contributed by atoms with van der Waals surface area (Å²) in [6.07, 6.45) is 3.62. The Bertz CT molecular complexity index is 523. The third-order valence-electron chi connectivity index (χ3n) is 4.02. The van der Waals surface area contributed by atoms with E-state index in [1.165, 1.54) is 0 Å². The third kappa shape index (κ3) is 4.71. The summed E-state index contributed by atoms with van der Waals surface area (Å²) in [5.74, 6) is 0.797. The van der Waals surface area contributed by atoms with E-state index in [1.54, 1.807) is 0 Å². The lowest BCUT2D eigenvalue weighted by atomic mass is 10.0. The van der Waals surface area contributed by atoms with Crippen LogP contribution in [0.4, 0.5) is 11.4 Å². The minimum absolute atomic E-state index is 0. The monoisotopic (exact) mass is 323 g/mol. The zero-order chi connectivity index (χ0) is 14.7. The van der Waals surface area contributed by atoms with Gasteiger partial charge < -0.3 is 16.0 Å². The molecule has 120 valence electrons. The fourth-order valence-corrected chi connectivity index (χ4v) is 2.59. The van der Waals surface area contributed by atoms with Gasteiger partial charge in [-0.1, -0.05) is 0 Å². The van der Waals surface area contributed by atoms with E-state index in [0.717, 1.165) is 43.7 Å². The summed E-state index contributed by atoms with van der Waals surface area (Å²) < 4.78 is 0. The van der Waals surface area contributed by atoms with E-state index in [-0.39, 0.29) is 30.1 Å². The first kappa shape index (κ1) is 16.8. The zero-order valence-corrected chi connectivity index (χ0v) is 13.2. The number of hydrogen-bond donors (Lipinski definition) is 3. The first-order chi connectivity index (χ1) is 10.2. The highest BCUT2D eigenvalue weighted by molar-refractivity contribution is 5.95. The van der Waals surface area contributed by atoms with Crippen LogP contribution in [-0.4, -0.2) is 24.9 Å². The predicted molar refractivity (Wildman–Crippen MR) is 89.3 cm³/mol. The number of halogens is 1. The normalized spacial score (nSPS) is 20.1. The van der Waals surface area contributed by atoms with E-state index in [1.807, 2.05) is 24.3 Å². The largest absolute Gasteiger partial charge is 0.326 e. The van der Waals surface area contributed by atoms with Gasteiger partial charge in [0.25, 0.3) is 0 Å². The number of anilines is 2. The fourth-order valence-electron chi connectivity index (χ4n) is 2.59. The first-order valence-corrected chi connectivity index (χ1v) is 7.62. The maximum atomic E-state index is 11.9. The molecule has 3 N–H and O–H groups in total. The Labute approximate surface area is 136 Å². The van der Waals surface area contributed by atoms with Gasteiger partial charge in [-0.3, -0.25) is 9.59 Å². The van der Waals surface area contributed by atoms with Crippen molar-refractivity contribution in [1.29, 1.82) is 0 Å². The molecule has 6 heteroatoms. The maximum absolute atomic E-state index is 11.9. The predicted octanol–water partition coefficient (Wildman–Crippen LogP) is 2.40. The van der Waals surface area contributed by atoms with Crippen molar-refractivity contribution < 1.29 is 9.59 Å². The highest BCUT2D eigenvalue weighted by Crippen LogP contribution is 2.30. The summed E-state index contributed by atoms with van der Waals surface area (Å²) in [6.45, 7) is 1.94. The Kier molecular flexibility index (Phi) is 5.80. The fraction of sp³-hybridized carbons (Fsp3) is 0.500. The summed E-state index contributed by atoms with van der Waals surface area (Å²) in [4.78, 5) is 23.6. The van der Waals surface area contributed by atoms with Crippen LogP contribution in [0.5, 0.6) is 0 Å². The van der Waals surface area contributed by atoms with Crippen LogP contribution in [-0.2, 0) is 9.59 Å². The number of amides is 2. The van der Waals surface area contributed by atoms with Gasteiger partial charge in [-0.2, -0.15) is 0 Å². The Morgan fingerprint density at radius 3 is 2.23 bits per heavy atom. The number of nitrogens with one attached hydrogen (secondary N) is 3. The minimum Gasteiger partial charge on any atom is -0.326 e. The van der Waals surface area contributed by atoms with Crippen molar-refractivity contribution in [3.05, 3.63) is 24.3 Å². The molecule has 0 spiro atoms. The lowest BCUT2D eigenvalue weighted by Crippen LogP contribution is -2.18. The van der Waals surface area contributed by atoms with Crippen LogP contribution >= 0.6 is 12.4 Å². The van der Waals surface area contributed by atoms with Crippen molar-refractivity contribution in [2.24, 2.45) is 11.8 Å². The molecule has 1 aromatic carbocycles. The summed E-state index contributed by atoms with van der Waals surface area (Å²) in [5.41, 5.74) is 1.56. The molecule has 2 aliphatic rings. The quantitative estimate of drug-likeness (QED) is 0.779. The molecular weight excluding hydrogens is 302 g/mol. The molecule has 3 rings (SSSR count). The second-order valence-corrected chi connectivity index (χ2v) is 5.95. The van der Waals surface area contributed by atoms with Crippen LogP contribution in [0.3, 0.4) is 0 Å². The molecule has 0 radical (unpaired) electrons. The molecule has 1 saturated heterocycles. The molecule has 1 aliphatic carbocycles. The van der Waals surface area contributed by atoms with Gasteiger partial charge in [-0.05, 0) is 62.5 Å². The van der Waals surface area contributed by atoms with Gasteiger partial charge in [-0.15, -0.1) is 12.4 Å². The molecule has 0 aromatic heterocycles. The lowest BCUT2D eigenvalue weighted by molar-refractivity contribution is -0.118. The van der Waals surface area contributed by atoms with Crippen molar-refractivity contribution in [3.63, 3.8) is 0 Å². The van der Waals surface area contributed by atoms with Crippen molar-refractivity contribution in [3.8, 4) is 0 Å². The van der Waals surface area contributed by atoms with E-state index in [2.05, 4.69) is 16.0 Å². The van der Waals surface area contributed by atoms with Crippen LogP contribution in [0.25, 0.3) is 0 Å². The molecule has 1 atom stereocenters. The van der Waals surface area contributed by atoms with Crippen LogP contribution in [0, 0.1) is 11.8 Å². The average Bonchev–Trinajstić information content (AvgIpc) is 3.20. The second-order valence-electron chi connectivity index (χ2n) is 5.95. The molecule has 1 heterocycles. The zero-order valence-electron chi connectivity index (χ0n) is 12.4. The van der Waals surface area contributed by atoms with E-state index in [9.17, 15) is 9.59 Å². The van der Waals surface area contributed by atoms with Gasteiger partial charge in [0, 0.05) is 23.7 Å². The maximum Gasteiger partial charge on any atom is 0.227 e. The first-order valence-electron chi connectivity index (χ1n) is 7.62. The highest BCUT2D eigenvalue weighted by Gasteiger charge is 2.29. The number of carbonyl (C=O) groups excluding carboxylic acids is 2. The van der Waals surface area contributed by atoms with Crippen molar-refractivity contribution in [2.45, 2.75) is 25.7 Å². The molecule has 2 fully saturated rings. The van der Waals surface area contributed by atoms with Crippen LogP contribution in [0.1, 0.15) is 25.7 Å². The molecule has 22 heavy (non-hydrogen) atoms. The van der Waals surface area contributed by atoms with Gasteiger partial charge in [0.05, 0.1) is 0 Å². The lowest BCUT2D eigenvalue weighted by Gasteiger charge is -2.10. The molecule has 1 unspecified atom stereocenters. The molecule has 0 bridgehead atoms. The Balaban J connectivity index is 0.00000176. The minimum atomic E-state index is 0. The van der Waals surface area contributed by atoms with E-state index < -0.39 is 0 Å². The number of carbonyl (C=O) groups is 2. The highest BCUT2D eigenvalue weighted by atomic mass is 35.5. The van der Waals surface area contributed by atoms with Crippen LogP contribution in [0.2, 0.25) is 0 Å². The topological polar surface area (TPSA) is 70.2 Å². The second kappa shape index (κ2) is 7.61. The Morgan fingerprint density at radius 1 is 1.05 bits per heavy atom. The smallest absolute Gasteiger partial charge is 0.227 e. The van der Waals surface area contributed by atoms with Crippen LogP contribution in [0.15, 0.2) is 24.3 Å². The average molecular weight is 324 g/mol. The van der Waals surface area contributed by atoms with Gasteiger partial charge in [0.2, 0.25) is 11.8 Å². The molecule has 2 amide bonds. The summed E-state index contributed by atoms with van der Waals surface area (Å²) >= 11 is 0. The van der Waals surface area contributed by atoms with E-state index in [0.29, 0.717) is 12.3 Å². The molecule has 1 aromatic rings. The Morgan fingerprint density at radius 2 is 1.68 bits per heavy atom. The van der Waals surface area contributed by atoms with Crippen molar-refractivity contribution in [1.82, 2.24) is 5.32 Å². The number of rotatable bonds is 5. The molecular formula is C16H22ClN3O2. The summed E-state index contributed by atoms with van der Waals surface area (Å²) in [5, 5.41) is 9.05. The Hall–Kier alpha value is -1.59. The SMILES string of the molecule is Cl.O=C(CC1CCNC1)Nc1ccc(NC(=O)C2CC2)cc1. The van der Waals surface area contributed by atoms with Crippen molar-refractivity contribution >= 4 is 35.6 Å². The summed E-state index contributed by atoms with van der Waals surface area (Å²) in [6, 6.07) is 7.31. The van der Waals surface area contributed by atoms with Gasteiger partial charge >= 0.3 is 0 Å².